The lowest BCUT2D eigenvalue weighted by Gasteiger charge is -2.55. The van der Waals surface area contributed by atoms with Gasteiger partial charge in [0.1, 0.15) is 5.67 Å². The van der Waals surface area contributed by atoms with Gasteiger partial charge < -0.3 is 18.9 Å². The zero-order valence-corrected chi connectivity index (χ0v) is 15.9. The van der Waals surface area contributed by atoms with Gasteiger partial charge in [-0.2, -0.15) is 0 Å². The van der Waals surface area contributed by atoms with Gasteiger partial charge in [0.15, 0.2) is 5.79 Å². The molecule has 0 aromatic heterocycles. The first-order chi connectivity index (χ1) is 13.1. The Morgan fingerprint density at radius 3 is 1.89 bits per heavy atom. The summed E-state index contributed by atoms with van der Waals surface area (Å²) in [5.74, 6) is -1.53. The number of halogens is 1. The zero-order valence-electron chi connectivity index (χ0n) is 15.9. The molecule has 0 spiro atoms. The van der Waals surface area contributed by atoms with Crippen LogP contribution in [0.2, 0.25) is 0 Å². The highest BCUT2D eigenvalue weighted by Gasteiger charge is 2.66. The topological polar surface area (TPSA) is 36.9 Å². The fourth-order valence-electron chi connectivity index (χ4n) is 3.64. The molecule has 2 aromatic rings. The van der Waals surface area contributed by atoms with Gasteiger partial charge >= 0.3 is 0 Å². The molecule has 27 heavy (non-hydrogen) atoms. The first-order valence-electron chi connectivity index (χ1n) is 9.14. The number of rotatable bonds is 10. The van der Waals surface area contributed by atoms with E-state index in [0.29, 0.717) is 13.2 Å². The summed E-state index contributed by atoms with van der Waals surface area (Å²) in [6.07, 6.45) is 0.126. The molecule has 0 amide bonds. The highest BCUT2D eigenvalue weighted by molar-refractivity contribution is 5.15. The minimum Gasteiger partial charge on any atom is -0.376 e. The van der Waals surface area contributed by atoms with E-state index in [9.17, 15) is 0 Å². The van der Waals surface area contributed by atoms with Crippen LogP contribution in [0, 0.1) is 5.92 Å². The number of methoxy groups -OCH3 is 2. The first-order valence-corrected chi connectivity index (χ1v) is 9.14. The molecule has 1 saturated carbocycles. The molecule has 0 saturated heterocycles. The van der Waals surface area contributed by atoms with Crippen LogP contribution >= 0.6 is 0 Å². The Bertz CT molecular complexity index is 690. The van der Waals surface area contributed by atoms with Crippen molar-refractivity contribution in [1.29, 1.82) is 0 Å². The fraction of sp³-hybridized carbons (Fsp3) is 0.455. The van der Waals surface area contributed by atoms with E-state index in [0.717, 1.165) is 11.1 Å². The van der Waals surface area contributed by atoms with E-state index in [-0.39, 0.29) is 19.6 Å². The molecule has 1 unspecified atom stereocenters. The molecule has 0 bridgehead atoms. The van der Waals surface area contributed by atoms with Crippen molar-refractivity contribution in [2.75, 3.05) is 27.4 Å². The van der Waals surface area contributed by atoms with Gasteiger partial charge in [-0.05, 0) is 11.1 Å². The van der Waals surface area contributed by atoms with Gasteiger partial charge in [0.2, 0.25) is 0 Å². The van der Waals surface area contributed by atoms with Crippen LogP contribution < -0.4 is 0 Å². The molecular formula is C22H27FO4. The maximum Gasteiger partial charge on any atom is 0.178 e. The lowest BCUT2D eigenvalue weighted by molar-refractivity contribution is -0.355. The molecule has 0 N–H and O–H groups in total. The number of benzene rings is 2. The molecule has 1 aliphatic rings. The molecule has 0 aliphatic heterocycles. The number of alkyl halides is 1. The molecular weight excluding hydrogens is 347 g/mol. The van der Waals surface area contributed by atoms with E-state index in [1.807, 2.05) is 60.7 Å². The van der Waals surface area contributed by atoms with E-state index in [1.165, 1.54) is 14.2 Å². The lowest BCUT2D eigenvalue weighted by Crippen LogP contribution is -2.68. The summed E-state index contributed by atoms with van der Waals surface area (Å²) in [4.78, 5) is 0. The molecule has 2 atom stereocenters. The van der Waals surface area contributed by atoms with Crippen molar-refractivity contribution in [1.82, 2.24) is 0 Å². The average molecular weight is 374 g/mol. The zero-order chi connectivity index (χ0) is 19.2. The van der Waals surface area contributed by atoms with Crippen LogP contribution in [0.5, 0.6) is 0 Å². The van der Waals surface area contributed by atoms with Gasteiger partial charge in [0.05, 0.1) is 32.3 Å². The molecule has 0 radical (unpaired) electrons. The Hall–Kier alpha value is -1.79. The van der Waals surface area contributed by atoms with Gasteiger partial charge in [-0.1, -0.05) is 60.7 Å². The van der Waals surface area contributed by atoms with Crippen LogP contribution in [-0.2, 0) is 32.2 Å². The molecule has 3 rings (SSSR count). The second kappa shape index (κ2) is 8.93. The van der Waals surface area contributed by atoms with Gasteiger partial charge in [0, 0.05) is 20.6 Å². The maximum absolute atomic E-state index is 15.5. The first kappa shape index (κ1) is 20.0. The van der Waals surface area contributed by atoms with E-state index >= 15 is 4.39 Å². The van der Waals surface area contributed by atoms with Gasteiger partial charge in [-0.15, -0.1) is 0 Å². The second-order valence-corrected chi connectivity index (χ2v) is 6.96. The molecule has 2 aromatic carbocycles. The average Bonchev–Trinajstić information content (AvgIpc) is 2.71. The van der Waals surface area contributed by atoms with Crippen LogP contribution in [-0.4, -0.2) is 38.9 Å². The molecule has 1 fully saturated rings. The molecule has 5 heteroatoms. The Labute approximate surface area is 160 Å². The Morgan fingerprint density at radius 1 is 0.852 bits per heavy atom. The molecule has 146 valence electrons. The predicted octanol–water partition coefficient (Wildman–Crippen LogP) is 4.14. The highest BCUT2D eigenvalue weighted by Crippen LogP contribution is 2.52. The summed E-state index contributed by atoms with van der Waals surface area (Å²) >= 11 is 0. The van der Waals surface area contributed by atoms with E-state index in [2.05, 4.69) is 0 Å². The van der Waals surface area contributed by atoms with Crippen molar-refractivity contribution in [3.05, 3.63) is 71.8 Å². The largest absolute Gasteiger partial charge is 0.376 e. The van der Waals surface area contributed by atoms with Crippen molar-refractivity contribution < 1.29 is 23.3 Å². The third-order valence-electron chi connectivity index (χ3n) is 5.24. The van der Waals surface area contributed by atoms with Crippen molar-refractivity contribution >= 4 is 0 Å². The normalized spacial score (nSPS) is 23.7. The van der Waals surface area contributed by atoms with E-state index in [4.69, 9.17) is 18.9 Å². The SMILES string of the molecule is COC1(OC)CC(F)(COCc2ccccc2)[C@H]1COCc1ccccc1. The van der Waals surface area contributed by atoms with Crippen LogP contribution in [0.25, 0.3) is 0 Å². The van der Waals surface area contributed by atoms with E-state index < -0.39 is 17.4 Å². The van der Waals surface area contributed by atoms with Crippen molar-refractivity contribution in [3.8, 4) is 0 Å². The van der Waals surface area contributed by atoms with Gasteiger partial charge in [0.25, 0.3) is 0 Å². The monoisotopic (exact) mass is 374 g/mol. The number of hydrogen-bond acceptors (Lipinski definition) is 4. The van der Waals surface area contributed by atoms with E-state index in [1.54, 1.807) is 0 Å². The highest BCUT2D eigenvalue weighted by atomic mass is 19.1. The minimum atomic E-state index is -1.54. The fourth-order valence-corrected chi connectivity index (χ4v) is 3.64. The van der Waals surface area contributed by atoms with Crippen molar-refractivity contribution in [3.63, 3.8) is 0 Å². The summed E-state index contributed by atoms with van der Waals surface area (Å²) in [5, 5.41) is 0. The summed E-state index contributed by atoms with van der Waals surface area (Å²) in [6, 6.07) is 19.6. The predicted molar refractivity (Wildman–Crippen MR) is 101 cm³/mol. The van der Waals surface area contributed by atoms with Crippen LogP contribution in [0.1, 0.15) is 17.5 Å². The summed E-state index contributed by atoms with van der Waals surface area (Å²) < 4.78 is 38.0. The second-order valence-electron chi connectivity index (χ2n) is 6.96. The third-order valence-corrected chi connectivity index (χ3v) is 5.24. The molecule has 1 aliphatic carbocycles. The van der Waals surface area contributed by atoms with Gasteiger partial charge in [-0.3, -0.25) is 0 Å². The summed E-state index contributed by atoms with van der Waals surface area (Å²) in [7, 11) is 3.08. The Morgan fingerprint density at radius 2 is 1.37 bits per heavy atom. The third kappa shape index (κ3) is 4.55. The summed E-state index contributed by atoms with van der Waals surface area (Å²) in [6.45, 7) is 0.969. The quantitative estimate of drug-likeness (QED) is 0.586. The van der Waals surface area contributed by atoms with Crippen molar-refractivity contribution in [2.45, 2.75) is 31.1 Å². The maximum atomic E-state index is 15.5. The molecule has 4 nitrogen and oxygen atoms in total. The van der Waals surface area contributed by atoms with Crippen molar-refractivity contribution in [2.24, 2.45) is 5.92 Å². The lowest BCUT2D eigenvalue weighted by atomic mass is 9.65. The van der Waals surface area contributed by atoms with Crippen LogP contribution in [0.4, 0.5) is 4.39 Å². The van der Waals surface area contributed by atoms with Crippen LogP contribution in [0.15, 0.2) is 60.7 Å². The smallest absolute Gasteiger partial charge is 0.178 e. The Balaban J connectivity index is 1.57. The van der Waals surface area contributed by atoms with Gasteiger partial charge in [-0.25, -0.2) is 4.39 Å². The standard InChI is InChI=1S/C22H27FO4/c1-24-22(25-2)16-21(23,17-27-14-19-11-7-4-8-12-19)20(22)15-26-13-18-9-5-3-6-10-18/h3-12,20H,13-17H2,1-2H3/t20-,21?/m1/s1. The Kier molecular flexibility index (Phi) is 6.60. The molecule has 0 heterocycles. The number of hydrogen-bond donors (Lipinski definition) is 0. The number of ether oxygens (including phenoxy) is 4. The van der Waals surface area contributed by atoms with Crippen LogP contribution in [0.3, 0.4) is 0 Å². The minimum absolute atomic E-state index is 0.0181. The summed E-state index contributed by atoms with van der Waals surface area (Å²) in [5.41, 5.74) is 0.515.